The first-order valence-corrected chi connectivity index (χ1v) is 7.42. The van der Waals surface area contributed by atoms with Gasteiger partial charge in [0.15, 0.2) is 0 Å². The first-order chi connectivity index (χ1) is 11.4. The number of ether oxygens (including phenoxy) is 1. The van der Waals surface area contributed by atoms with E-state index >= 15 is 0 Å². The molecule has 24 heavy (non-hydrogen) atoms. The van der Waals surface area contributed by atoms with E-state index < -0.39 is 17.6 Å². The number of H-pyrrole nitrogens is 1. The number of fused-ring (bicyclic) bond motifs is 1. The molecule has 2 aromatic rings. The van der Waals surface area contributed by atoms with Crippen LogP contribution in [-0.2, 0) is 25.7 Å². The summed E-state index contributed by atoms with van der Waals surface area (Å²) in [6.45, 7) is 1.28. The molecule has 0 amide bonds. The standard InChI is InChI=1S/C16H16F3N3O2/c1-24-13-5-3-2-4-10(13)8-22-7-6-11-12(9-22)20-15(16(17,18)19)21-14(11)23/h2-5H,6-9H2,1H3,(H,20,21,23). The van der Waals surface area contributed by atoms with E-state index in [0.29, 0.717) is 25.1 Å². The monoisotopic (exact) mass is 339 g/mol. The summed E-state index contributed by atoms with van der Waals surface area (Å²) in [6, 6.07) is 7.46. The molecule has 0 saturated heterocycles. The minimum Gasteiger partial charge on any atom is -0.496 e. The molecule has 0 bridgehead atoms. The molecule has 1 aromatic heterocycles. The van der Waals surface area contributed by atoms with Crippen LogP contribution in [0.1, 0.15) is 22.6 Å². The van der Waals surface area contributed by atoms with Crippen LogP contribution >= 0.6 is 0 Å². The Hall–Kier alpha value is -2.35. The van der Waals surface area contributed by atoms with E-state index in [0.717, 1.165) is 11.3 Å². The normalized spacial score (nSPS) is 15.2. The zero-order chi connectivity index (χ0) is 17.3. The highest BCUT2D eigenvalue weighted by Crippen LogP contribution is 2.27. The van der Waals surface area contributed by atoms with Crippen molar-refractivity contribution in [1.82, 2.24) is 14.9 Å². The van der Waals surface area contributed by atoms with Gasteiger partial charge in [-0.05, 0) is 12.5 Å². The van der Waals surface area contributed by atoms with Gasteiger partial charge in [-0.15, -0.1) is 0 Å². The van der Waals surface area contributed by atoms with Crippen LogP contribution in [0.2, 0.25) is 0 Å². The van der Waals surface area contributed by atoms with Gasteiger partial charge < -0.3 is 9.72 Å². The van der Waals surface area contributed by atoms with Gasteiger partial charge in [-0.2, -0.15) is 13.2 Å². The van der Waals surface area contributed by atoms with Crippen LogP contribution in [0.5, 0.6) is 5.75 Å². The molecule has 0 saturated carbocycles. The van der Waals surface area contributed by atoms with Crippen LogP contribution in [0, 0.1) is 0 Å². The van der Waals surface area contributed by atoms with E-state index in [4.69, 9.17) is 4.74 Å². The number of alkyl halides is 3. The number of hydrogen-bond donors (Lipinski definition) is 1. The summed E-state index contributed by atoms with van der Waals surface area (Å²) in [5.74, 6) is -0.525. The zero-order valence-corrected chi connectivity index (χ0v) is 13.0. The lowest BCUT2D eigenvalue weighted by Crippen LogP contribution is -2.36. The van der Waals surface area contributed by atoms with Crippen molar-refractivity contribution in [3.05, 3.63) is 57.3 Å². The number of halogens is 3. The minimum atomic E-state index is -4.67. The predicted octanol–water partition coefficient (Wildman–Crippen LogP) is 2.36. The third-order valence-corrected chi connectivity index (χ3v) is 4.01. The Kier molecular flexibility index (Phi) is 4.31. The zero-order valence-electron chi connectivity index (χ0n) is 13.0. The van der Waals surface area contributed by atoms with E-state index in [1.807, 2.05) is 34.1 Å². The summed E-state index contributed by atoms with van der Waals surface area (Å²) >= 11 is 0. The van der Waals surface area contributed by atoms with Gasteiger partial charge in [0.2, 0.25) is 5.82 Å². The molecule has 0 spiro atoms. The van der Waals surface area contributed by atoms with Gasteiger partial charge >= 0.3 is 6.18 Å². The second-order valence-electron chi connectivity index (χ2n) is 5.61. The lowest BCUT2D eigenvalue weighted by molar-refractivity contribution is -0.145. The predicted molar refractivity (Wildman–Crippen MR) is 80.7 cm³/mol. The van der Waals surface area contributed by atoms with Crippen LogP contribution in [0.25, 0.3) is 0 Å². The van der Waals surface area contributed by atoms with Gasteiger partial charge in [0.25, 0.3) is 5.56 Å². The van der Waals surface area contributed by atoms with Crippen molar-refractivity contribution in [1.29, 1.82) is 0 Å². The smallest absolute Gasteiger partial charge is 0.449 e. The Labute approximate surface area is 136 Å². The maximum atomic E-state index is 12.8. The average molecular weight is 339 g/mol. The number of rotatable bonds is 3. The first-order valence-electron chi connectivity index (χ1n) is 7.42. The van der Waals surface area contributed by atoms with Crippen molar-refractivity contribution in [2.24, 2.45) is 0 Å². The highest BCUT2D eigenvalue weighted by molar-refractivity contribution is 5.33. The quantitative estimate of drug-likeness (QED) is 0.933. The summed E-state index contributed by atoms with van der Waals surface area (Å²) in [4.78, 5) is 19.3. The van der Waals surface area contributed by atoms with Gasteiger partial charge in [-0.3, -0.25) is 9.69 Å². The largest absolute Gasteiger partial charge is 0.496 e. The molecule has 0 fully saturated rings. The molecule has 8 heteroatoms. The van der Waals surface area contributed by atoms with Crippen LogP contribution < -0.4 is 10.3 Å². The van der Waals surface area contributed by atoms with E-state index in [1.54, 1.807) is 7.11 Å². The summed E-state index contributed by atoms with van der Waals surface area (Å²) in [5, 5.41) is 0. The highest BCUT2D eigenvalue weighted by atomic mass is 19.4. The van der Waals surface area contributed by atoms with Crippen LogP contribution in [0.4, 0.5) is 13.2 Å². The molecular formula is C16H16F3N3O2. The van der Waals surface area contributed by atoms with E-state index in [1.165, 1.54) is 0 Å². The van der Waals surface area contributed by atoms with E-state index in [9.17, 15) is 18.0 Å². The van der Waals surface area contributed by atoms with Crippen molar-refractivity contribution in [2.45, 2.75) is 25.7 Å². The Balaban J connectivity index is 1.86. The van der Waals surface area contributed by atoms with Crippen molar-refractivity contribution in [2.75, 3.05) is 13.7 Å². The second-order valence-corrected chi connectivity index (χ2v) is 5.61. The minimum absolute atomic E-state index is 0.187. The molecule has 0 unspecified atom stereocenters. The number of nitrogens with one attached hydrogen (secondary N) is 1. The molecule has 2 heterocycles. The fraction of sp³-hybridized carbons (Fsp3) is 0.375. The fourth-order valence-corrected chi connectivity index (χ4v) is 2.84. The Morgan fingerprint density at radius 3 is 2.79 bits per heavy atom. The van der Waals surface area contributed by atoms with Crippen molar-refractivity contribution in [3.8, 4) is 5.75 Å². The van der Waals surface area contributed by atoms with Gasteiger partial charge in [-0.1, -0.05) is 18.2 Å². The van der Waals surface area contributed by atoms with Gasteiger partial charge in [0.05, 0.1) is 12.8 Å². The highest BCUT2D eigenvalue weighted by Gasteiger charge is 2.36. The third kappa shape index (κ3) is 3.28. The fourth-order valence-electron chi connectivity index (χ4n) is 2.84. The van der Waals surface area contributed by atoms with Crippen LogP contribution in [-0.4, -0.2) is 28.5 Å². The molecule has 128 valence electrons. The third-order valence-electron chi connectivity index (χ3n) is 4.01. The van der Waals surface area contributed by atoms with E-state index in [-0.39, 0.29) is 12.2 Å². The van der Waals surface area contributed by atoms with Crippen molar-refractivity contribution >= 4 is 0 Å². The Bertz CT molecular complexity index is 802. The number of para-hydroxylation sites is 1. The Morgan fingerprint density at radius 2 is 2.08 bits per heavy atom. The summed E-state index contributed by atoms with van der Waals surface area (Å²) < 4.78 is 43.7. The molecule has 3 rings (SSSR count). The van der Waals surface area contributed by atoms with Gasteiger partial charge in [0, 0.05) is 30.8 Å². The molecule has 1 N–H and O–H groups in total. The van der Waals surface area contributed by atoms with E-state index in [2.05, 4.69) is 4.98 Å². The van der Waals surface area contributed by atoms with Crippen LogP contribution in [0.3, 0.4) is 0 Å². The lowest BCUT2D eigenvalue weighted by atomic mass is 10.1. The van der Waals surface area contributed by atoms with Crippen molar-refractivity contribution < 1.29 is 17.9 Å². The molecule has 1 aliphatic heterocycles. The average Bonchev–Trinajstić information content (AvgIpc) is 2.54. The van der Waals surface area contributed by atoms with Gasteiger partial charge in [0.1, 0.15) is 5.75 Å². The molecule has 0 aliphatic carbocycles. The van der Waals surface area contributed by atoms with Crippen LogP contribution in [0.15, 0.2) is 29.1 Å². The number of hydrogen-bond acceptors (Lipinski definition) is 4. The number of benzene rings is 1. The first kappa shape index (κ1) is 16.5. The number of nitrogens with zero attached hydrogens (tertiary/aromatic N) is 2. The molecule has 0 radical (unpaired) electrons. The molecule has 5 nitrogen and oxygen atoms in total. The van der Waals surface area contributed by atoms with Gasteiger partial charge in [-0.25, -0.2) is 4.98 Å². The SMILES string of the molecule is COc1ccccc1CN1CCc2c(nc(C(F)(F)F)[nH]c2=O)C1. The Morgan fingerprint density at radius 1 is 1.33 bits per heavy atom. The number of aromatic amines is 1. The second kappa shape index (κ2) is 6.27. The molecular weight excluding hydrogens is 323 g/mol. The molecule has 1 aliphatic rings. The summed E-state index contributed by atoms with van der Waals surface area (Å²) in [5.41, 5.74) is 0.750. The number of aromatic nitrogens is 2. The summed E-state index contributed by atoms with van der Waals surface area (Å²) in [7, 11) is 1.57. The maximum Gasteiger partial charge on any atom is 0.449 e. The number of methoxy groups -OCH3 is 1. The molecule has 1 aromatic carbocycles. The summed E-state index contributed by atoms with van der Waals surface area (Å²) in [6.07, 6.45) is -4.30. The maximum absolute atomic E-state index is 12.8. The molecule has 0 atom stereocenters. The topological polar surface area (TPSA) is 58.2 Å². The van der Waals surface area contributed by atoms with Crippen molar-refractivity contribution in [3.63, 3.8) is 0 Å². The lowest BCUT2D eigenvalue weighted by Gasteiger charge is -2.28.